The first-order valence-electron chi connectivity index (χ1n) is 5.99. The Labute approximate surface area is 115 Å². The Bertz CT molecular complexity index is 668. The van der Waals surface area contributed by atoms with Gasteiger partial charge in [0.05, 0.1) is 17.9 Å². The first-order chi connectivity index (χ1) is 9.70. The molecule has 0 spiro atoms. The standard InChI is InChI=1S/C14H13N3O3/c1-10-9-20-14(16-10)17-13(19)12-11(5-2-3-8-18)6-4-7-15-12/h4,6-7,9,18H,3,8H2,1H3,(H,16,17,19). The topological polar surface area (TPSA) is 88.2 Å². The quantitative estimate of drug-likeness (QED) is 0.823. The second-order valence-corrected chi connectivity index (χ2v) is 3.92. The molecule has 2 aromatic rings. The Morgan fingerprint density at radius 1 is 1.55 bits per heavy atom. The van der Waals surface area contributed by atoms with Crippen molar-refractivity contribution < 1.29 is 14.3 Å². The van der Waals surface area contributed by atoms with Gasteiger partial charge in [0.15, 0.2) is 0 Å². The Morgan fingerprint density at radius 3 is 3.10 bits per heavy atom. The molecule has 0 atom stereocenters. The lowest BCUT2D eigenvalue weighted by atomic mass is 10.2. The molecule has 20 heavy (non-hydrogen) atoms. The number of anilines is 1. The van der Waals surface area contributed by atoms with Crippen LogP contribution in [0.5, 0.6) is 0 Å². The summed E-state index contributed by atoms with van der Waals surface area (Å²) >= 11 is 0. The average molecular weight is 271 g/mol. The van der Waals surface area contributed by atoms with E-state index in [-0.39, 0.29) is 18.3 Å². The molecule has 6 nitrogen and oxygen atoms in total. The van der Waals surface area contributed by atoms with Gasteiger partial charge >= 0.3 is 6.01 Å². The number of oxazole rings is 1. The molecule has 0 fully saturated rings. The van der Waals surface area contributed by atoms with Crippen LogP contribution in [0.2, 0.25) is 0 Å². The molecule has 2 heterocycles. The summed E-state index contributed by atoms with van der Waals surface area (Å²) in [7, 11) is 0. The lowest BCUT2D eigenvalue weighted by Gasteiger charge is -2.02. The molecule has 0 radical (unpaired) electrons. The smallest absolute Gasteiger partial charge is 0.301 e. The zero-order valence-electron chi connectivity index (χ0n) is 10.9. The minimum absolute atomic E-state index is 0.0234. The van der Waals surface area contributed by atoms with E-state index in [4.69, 9.17) is 9.52 Å². The summed E-state index contributed by atoms with van der Waals surface area (Å²) < 4.78 is 5.05. The summed E-state index contributed by atoms with van der Waals surface area (Å²) in [4.78, 5) is 20.1. The zero-order chi connectivity index (χ0) is 14.4. The van der Waals surface area contributed by atoms with Crippen LogP contribution in [0, 0.1) is 18.8 Å². The summed E-state index contributed by atoms with van der Waals surface area (Å²) in [6, 6.07) is 3.50. The summed E-state index contributed by atoms with van der Waals surface area (Å²) in [5.74, 6) is 5.11. The van der Waals surface area contributed by atoms with Gasteiger partial charge in [-0.2, -0.15) is 4.98 Å². The van der Waals surface area contributed by atoms with Gasteiger partial charge in [-0.1, -0.05) is 11.8 Å². The van der Waals surface area contributed by atoms with Crippen molar-refractivity contribution in [2.75, 3.05) is 11.9 Å². The Balaban J connectivity index is 2.19. The fourth-order valence-corrected chi connectivity index (χ4v) is 1.47. The molecule has 0 aliphatic heterocycles. The molecule has 102 valence electrons. The summed E-state index contributed by atoms with van der Waals surface area (Å²) in [6.07, 6.45) is 3.29. The van der Waals surface area contributed by atoms with Crippen LogP contribution >= 0.6 is 0 Å². The Hall–Kier alpha value is -2.65. The summed E-state index contributed by atoms with van der Waals surface area (Å²) in [5.41, 5.74) is 1.35. The minimum Gasteiger partial charge on any atom is -0.432 e. The van der Waals surface area contributed by atoms with Gasteiger partial charge in [-0.3, -0.25) is 10.1 Å². The number of aliphatic hydroxyl groups excluding tert-OH is 1. The lowest BCUT2D eigenvalue weighted by molar-refractivity contribution is 0.101. The molecule has 0 aliphatic carbocycles. The third kappa shape index (κ3) is 3.43. The van der Waals surface area contributed by atoms with Crippen LogP contribution in [0.3, 0.4) is 0 Å². The van der Waals surface area contributed by atoms with Gasteiger partial charge in [-0.05, 0) is 19.1 Å². The molecule has 1 amide bonds. The van der Waals surface area contributed by atoms with Gasteiger partial charge in [-0.15, -0.1) is 0 Å². The van der Waals surface area contributed by atoms with Crippen LogP contribution in [0.1, 0.15) is 28.2 Å². The molecule has 2 rings (SSSR count). The van der Waals surface area contributed by atoms with Crippen molar-refractivity contribution in [1.82, 2.24) is 9.97 Å². The summed E-state index contributed by atoms with van der Waals surface area (Å²) in [5, 5.41) is 11.2. The van der Waals surface area contributed by atoms with Crippen molar-refractivity contribution in [2.24, 2.45) is 0 Å². The number of rotatable bonds is 3. The fourth-order valence-electron chi connectivity index (χ4n) is 1.47. The summed E-state index contributed by atoms with van der Waals surface area (Å²) in [6.45, 7) is 1.73. The fraction of sp³-hybridized carbons (Fsp3) is 0.214. The number of nitrogens with zero attached hydrogens (tertiary/aromatic N) is 2. The molecular weight excluding hydrogens is 258 g/mol. The van der Waals surface area contributed by atoms with Crippen molar-refractivity contribution in [2.45, 2.75) is 13.3 Å². The van der Waals surface area contributed by atoms with E-state index in [1.807, 2.05) is 0 Å². The maximum atomic E-state index is 12.1. The molecule has 0 saturated heterocycles. The first kappa shape index (κ1) is 13.8. The first-order valence-corrected chi connectivity index (χ1v) is 5.99. The van der Waals surface area contributed by atoms with Crippen LogP contribution in [-0.2, 0) is 0 Å². The highest BCUT2D eigenvalue weighted by molar-refractivity contribution is 6.03. The van der Waals surface area contributed by atoms with Gasteiger partial charge in [-0.25, -0.2) is 4.98 Å². The number of amides is 1. The van der Waals surface area contributed by atoms with E-state index in [1.54, 1.807) is 19.1 Å². The Morgan fingerprint density at radius 2 is 2.40 bits per heavy atom. The van der Waals surface area contributed by atoms with E-state index in [1.165, 1.54) is 12.5 Å². The number of carbonyl (C=O) groups is 1. The molecule has 0 bridgehead atoms. The lowest BCUT2D eigenvalue weighted by Crippen LogP contribution is -2.15. The maximum Gasteiger partial charge on any atom is 0.301 e. The van der Waals surface area contributed by atoms with E-state index >= 15 is 0 Å². The van der Waals surface area contributed by atoms with Crippen molar-refractivity contribution in [3.63, 3.8) is 0 Å². The minimum atomic E-state index is -0.444. The van der Waals surface area contributed by atoms with Crippen molar-refractivity contribution >= 4 is 11.9 Å². The molecule has 2 N–H and O–H groups in total. The number of hydrogen-bond donors (Lipinski definition) is 2. The SMILES string of the molecule is Cc1coc(NC(=O)c2ncccc2C#CCCO)n1. The van der Waals surface area contributed by atoms with Gasteiger partial charge < -0.3 is 9.52 Å². The number of pyridine rings is 1. The van der Waals surface area contributed by atoms with Crippen LogP contribution in [0.15, 0.2) is 29.0 Å². The monoisotopic (exact) mass is 271 g/mol. The molecule has 0 aliphatic rings. The third-order valence-corrected chi connectivity index (χ3v) is 2.32. The van der Waals surface area contributed by atoms with Crippen LogP contribution in [0.4, 0.5) is 6.01 Å². The van der Waals surface area contributed by atoms with Gasteiger partial charge in [0.25, 0.3) is 5.91 Å². The predicted octanol–water partition coefficient (Wildman–Crippen LogP) is 1.36. The molecule has 2 aromatic heterocycles. The van der Waals surface area contributed by atoms with Crippen LogP contribution in [0.25, 0.3) is 0 Å². The highest BCUT2D eigenvalue weighted by atomic mass is 16.4. The van der Waals surface area contributed by atoms with E-state index in [2.05, 4.69) is 27.1 Å². The molecule has 0 aromatic carbocycles. The second-order valence-electron chi connectivity index (χ2n) is 3.92. The highest BCUT2D eigenvalue weighted by Crippen LogP contribution is 2.10. The number of aromatic nitrogens is 2. The van der Waals surface area contributed by atoms with E-state index in [0.717, 1.165) is 0 Å². The van der Waals surface area contributed by atoms with Gasteiger partial charge in [0.1, 0.15) is 12.0 Å². The number of aliphatic hydroxyl groups is 1. The van der Waals surface area contributed by atoms with Crippen LogP contribution < -0.4 is 5.32 Å². The average Bonchev–Trinajstić information content (AvgIpc) is 2.85. The molecule has 0 saturated carbocycles. The van der Waals surface area contributed by atoms with Crippen molar-refractivity contribution in [3.8, 4) is 11.8 Å². The number of nitrogens with one attached hydrogen (secondary N) is 1. The van der Waals surface area contributed by atoms with Crippen LogP contribution in [-0.4, -0.2) is 27.6 Å². The maximum absolute atomic E-state index is 12.1. The normalized spacial score (nSPS) is 9.70. The number of carbonyl (C=O) groups excluding carboxylic acids is 1. The van der Waals surface area contributed by atoms with E-state index in [0.29, 0.717) is 17.7 Å². The number of aryl methyl sites for hydroxylation is 1. The third-order valence-electron chi connectivity index (χ3n) is 2.32. The molecular formula is C14H13N3O3. The molecule has 0 unspecified atom stereocenters. The highest BCUT2D eigenvalue weighted by Gasteiger charge is 2.14. The van der Waals surface area contributed by atoms with Crippen molar-refractivity contribution in [3.05, 3.63) is 41.5 Å². The van der Waals surface area contributed by atoms with Gasteiger partial charge in [0.2, 0.25) is 0 Å². The van der Waals surface area contributed by atoms with Crippen molar-refractivity contribution in [1.29, 1.82) is 0 Å². The predicted molar refractivity (Wildman–Crippen MR) is 72.0 cm³/mol. The largest absolute Gasteiger partial charge is 0.432 e. The second kappa shape index (κ2) is 6.50. The van der Waals surface area contributed by atoms with Gasteiger partial charge in [0, 0.05) is 12.6 Å². The Kier molecular flexibility index (Phi) is 4.47. The zero-order valence-corrected chi connectivity index (χ0v) is 10.9. The number of hydrogen-bond acceptors (Lipinski definition) is 5. The molecule has 6 heteroatoms. The van der Waals surface area contributed by atoms with E-state index < -0.39 is 5.91 Å². The van der Waals surface area contributed by atoms with E-state index in [9.17, 15) is 4.79 Å².